The number of fused-ring (bicyclic) bond motifs is 1. The highest BCUT2D eigenvalue weighted by atomic mass is 79.9. The third-order valence-electron chi connectivity index (χ3n) is 2.30. The van der Waals surface area contributed by atoms with E-state index in [0.29, 0.717) is 5.92 Å². The molecule has 0 aliphatic carbocycles. The first-order valence-electron chi connectivity index (χ1n) is 4.11. The van der Waals surface area contributed by atoms with Gasteiger partial charge in [-0.05, 0) is 12.5 Å². The largest absolute Gasteiger partial charge is 0.492 e. The Morgan fingerprint density at radius 1 is 1.58 bits per heavy atom. The standard InChI is InChI=1S/C10H11BrO/c1-7-3-2-4-9-8(5-11)6-12-10(7)9/h2-4,8H,5-6H2,1H3/t8-/m1/s1. The second kappa shape index (κ2) is 3.09. The molecule has 0 saturated carbocycles. The molecule has 1 aromatic carbocycles. The molecule has 1 aliphatic heterocycles. The summed E-state index contributed by atoms with van der Waals surface area (Å²) < 4.78 is 5.60. The van der Waals surface area contributed by atoms with Crippen molar-refractivity contribution < 1.29 is 4.74 Å². The van der Waals surface area contributed by atoms with Crippen LogP contribution in [0, 0.1) is 6.92 Å². The maximum absolute atomic E-state index is 5.60. The first-order valence-corrected chi connectivity index (χ1v) is 5.23. The van der Waals surface area contributed by atoms with Crippen LogP contribution in [-0.2, 0) is 0 Å². The van der Waals surface area contributed by atoms with Crippen LogP contribution in [0.4, 0.5) is 0 Å². The molecule has 0 spiro atoms. The summed E-state index contributed by atoms with van der Waals surface area (Å²) >= 11 is 3.49. The minimum atomic E-state index is 0.542. The predicted octanol–water partition coefficient (Wildman–Crippen LogP) is 2.87. The zero-order valence-corrected chi connectivity index (χ0v) is 8.60. The van der Waals surface area contributed by atoms with Crippen molar-refractivity contribution in [3.05, 3.63) is 29.3 Å². The Morgan fingerprint density at radius 3 is 3.17 bits per heavy atom. The lowest BCUT2D eigenvalue weighted by atomic mass is 10.0. The van der Waals surface area contributed by atoms with E-state index in [1.54, 1.807) is 0 Å². The number of rotatable bonds is 1. The third-order valence-corrected chi connectivity index (χ3v) is 3.08. The van der Waals surface area contributed by atoms with Crippen LogP contribution in [-0.4, -0.2) is 11.9 Å². The number of aryl methyl sites for hydroxylation is 1. The van der Waals surface area contributed by atoms with Crippen LogP contribution in [0.15, 0.2) is 18.2 Å². The highest BCUT2D eigenvalue weighted by molar-refractivity contribution is 9.09. The fraction of sp³-hybridized carbons (Fsp3) is 0.400. The van der Waals surface area contributed by atoms with Crippen molar-refractivity contribution in [2.45, 2.75) is 12.8 Å². The predicted molar refractivity (Wildman–Crippen MR) is 53.2 cm³/mol. The molecule has 0 unspecified atom stereocenters. The van der Waals surface area contributed by atoms with Crippen molar-refractivity contribution >= 4 is 15.9 Å². The maximum Gasteiger partial charge on any atom is 0.125 e. The first-order chi connectivity index (χ1) is 5.83. The summed E-state index contributed by atoms with van der Waals surface area (Å²) in [5.74, 6) is 1.64. The van der Waals surface area contributed by atoms with Gasteiger partial charge < -0.3 is 4.74 Å². The summed E-state index contributed by atoms with van der Waals surface area (Å²) in [6.07, 6.45) is 0. The maximum atomic E-state index is 5.60. The molecule has 0 fully saturated rings. The Hall–Kier alpha value is -0.500. The lowest BCUT2D eigenvalue weighted by Gasteiger charge is -2.03. The Labute approximate surface area is 80.9 Å². The summed E-state index contributed by atoms with van der Waals surface area (Å²) in [5.41, 5.74) is 2.60. The van der Waals surface area contributed by atoms with Gasteiger partial charge in [0.1, 0.15) is 5.75 Å². The smallest absolute Gasteiger partial charge is 0.125 e. The van der Waals surface area contributed by atoms with Gasteiger partial charge in [0, 0.05) is 16.8 Å². The van der Waals surface area contributed by atoms with Gasteiger partial charge in [-0.1, -0.05) is 34.1 Å². The molecule has 0 N–H and O–H groups in total. The Kier molecular flexibility index (Phi) is 2.09. The second-order valence-corrected chi connectivity index (χ2v) is 3.80. The minimum absolute atomic E-state index is 0.542. The van der Waals surface area contributed by atoms with Crippen LogP contribution in [0.2, 0.25) is 0 Å². The van der Waals surface area contributed by atoms with E-state index in [4.69, 9.17) is 4.74 Å². The average molecular weight is 227 g/mol. The van der Waals surface area contributed by atoms with Crippen molar-refractivity contribution in [3.63, 3.8) is 0 Å². The van der Waals surface area contributed by atoms with Crippen LogP contribution in [0.1, 0.15) is 17.0 Å². The SMILES string of the molecule is Cc1cccc2c1OC[C@H]2CBr. The molecule has 2 rings (SSSR count). The van der Waals surface area contributed by atoms with Crippen LogP contribution in [0.25, 0.3) is 0 Å². The van der Waals surface area contributed by atoms with E-state index in [0.717, 1.165) is 17.7 Å². The molecule has 1 aromatic rings. The van der Waals surface area contributed by atoms with Crippen LogP contribution in [0.3, 0.4) is 0 Å². The number of ether oxygens (including phenoxy) is 1. The van der Waals surface area contributed by atoms with Crippen molar-refractivity contribution in [2.24, 2.45) is 0 Å². The zero-order valence-electron chi connectivity index (χ0n) is 7.01. The summed E-state index contributed by atoms with van der Waals surface area (Å²) in [7, 11) is 0. The normalized spacial score (nSPS) is 20.3. The van der Waals surface area contributed by atoms with E-state index < -0.39 is 0 Å². The van der Waals surface area contributed by atoms with Gasteiger partial charge in [-0.25, -0.2) is 0 Å². The molecule has 12 heavy (non-hydrogen) atoms. The number of hydrogen-bond donors (Lipinski definition) is 0. The molecule has 1 atom stereocenters. The van der Waals surface area contributed by atoms with E-state index in [-0.39, 0.29) is 0 Å². The Bertz CT molecular complexity index is 296. The fourth-order valence-corrected chi connectivity index (χ4v) is 2.13. The van der Waals surface area contributed by atoms with Gasteiger partial charge in [0.05, 0.1) is 6.61 Å². The summed E-state index contributed by atoms with van der Waals surface area (Å²) in [5, 5.41) is 0.990. The van der Waals surface area contributed by atoms with Gasteiger partial charge in [0.25, 0.3) is 0 Å². The van der Waals surface area contributed by atoms with Gasteiger partial charge in [0.2, 0.25) is 0 Å². The number of alkyl halides is 1. The highest BCUT2D eigenvalue weighted by Gasteiger charge is 2.23. The Morgan fingerprint density at radius 2 is 2.42 bits per heavy atom. The van der Waals surface area contributed by atoms with Crippen LogP contribution >= 0.6 is 15.9 Å². The molecular formula is C10H11BrO. The van der Waals surface area contributed by atoms with Crippen molar-refractivity contribution in [1.82, 2.24) is 0 Å². The molecule has 64 valence electrons. The molecule has 0 saturated heterocycles. The number of hydrogen-bond acceptors (Lipinski definition) is 1. The van der Waals surface area contributed by atoms with E-state index in [9.17, 15) is 0 Å². The number of halogens is 1. The number of para-hydroxylation sites is 1. The number of benzene rings is 1. The molecule has 0 bridgehead atoms. The molecule has 1 nitrogen and oxygen atoms in total. The molecule has 0 amide bonds. The van der Waals surface area contributed by atoms with E-state index >= 15 is 0 Å². The lowest BCUT2D eigenvalue weighted by Crippen LogP contribution is -2.00. The lowest BCUT2D eigenvalue weighted by molar-refractivity contribution is 0.337. The van der Waals surface area contributed by atoms with Gasteiger partial charge in [-0.3, -0.25) is 0 Å². The van der Waals surface area contributed by atoms with Gasteiger partial charge >= 0.3 is 0 Å². The second-order valence-electron chi connectivity index (χ2n) is 3.16. The summed E-state index contributed by atoms with van der Waals surface area (Å²) in [6, 6.07) is 6.34. The molecule has 1 heterocycles. The summed E-state index contributed by atoms with van der Waals surface area (Å²) in [4.78, 5) is 0. The van der Waals surface area contributed by atoms with E-state index in [2.05, 4.69) is 41.1 Å². The quantitative estimate of drug-likeness (QED) is 0.670. The monoisotopic (exact) mass is 226 g/mol. The van der Waals surface area contributed by atoms with Crippen molar-refractivity contribution in [3.8, 4) is 5.75 Å². The molecular weight excluding hydrogens is 216 g/mol. The highest BCUT2D eigenvalue weighted by Crippen LogP contribution is 2.36. The van der Waals surface area contributed by atoms with E-state index in [1.165, 1.54) is 11.1 Å². The van der Waals surface area contributed by atoms with Crippen molar-refractivity contribution in [1.29, 1.82) is 0 Å². The molecule has 2 heteroatoms. The van der Waals surface area contributed by atoms with E-state index in [1.807, 2.05) is 0 Å². The Balaban J connectivity index is 2.46. The third kappa shape index (κ3) is 1.14. The topological polar surface area (TPSA) is 9.23 Å². The fourth-order valence-electron chi connectivity index (χ4n) is 1.60. The zero-order chi connectivity index (χ0) is 8.55. The minimum Gasteiger partial charge on any atom is -0.492 e. The van der Waals surface area contributed by atoms with Gasteiger partial charge in [-0.2, -0.15) is 0 Å². The van der Waals surface area contributed by atoms with Crippen LogP contribution in [0.5, 0.6) is 5.75 Å². The van der Waals surface area contributed by atoms with Crippen LogP contribution < -0.4 is 4.74 Å². The van der Waals surface area contributed by atoms with Gasteiger partial charge in [0.15, 0.2) is 0 Å². The molecule has 1 aliphatic rings. The van der Waals surface area contributed by atoms with Gasteiger partial charge in [-0.15, -0.1) is 0 Å². The van der Waals surface area contributed by atoms with Crippen molar-refractivity contribution in [2.75, 3.05) is 11.9 Å². The summed E-state index contributed by atoms with van der Waals surface area (Å²) in [6.45, 7) is 2.92. The molecule has 0 radical (unpaired) electrons. The average Bonchev–Trinajstić information content (AvgIpc) is 2.49. The first kappa shape index (κ1) is 8.11. The molecule has 0 aromatic heterocycles.